The molecule has 0 N–H and O–H groups in total. The van der Waals surface area contributed by atoms with Crippen LogP contribution in [-0.4, -0.2) is 54.4 Å². The monoisotopic (exact) mass is 412 g/mol. The Bertz CT molecular complexity index is 912. The van der Waals surface area contributed by atoms with Crippen LogP contribution < -0.4 is 4.74 Å². The molecule has 1 aromatic heterocycles. The molecule has 0 unspecified atom stereocenters. The van der Waals surface area contributed by atoms with Crippen molar-refractivity contribution in [2.45, 2.75) is 44.1 Å². The molecule has 2 aromatic rings. The van der Waals surface area contributed by atoms with Crippen molar-refractivity contribution in [3.05, 3.63) is 51.7 Å². The number of carbonyl (C=O) groups excluding carboxylic acids is 2. The lowest BCUT2D eigenvalue weighted by atomic mass is 9.76. The predicted molar refractivity (Wildman–Crippen MR) is 115 cm³/mol. The van der Waals surface area contributed by atoms with Crippen LogP contribution in [-0.2, 0) is 4.79 Å². The molecule has 29 heavy (non-hydrogen) atoms. The molecule has 0 saturated carbocycles. The summed E-state index contributed by atoms with van der Waals surface area (Å²) in [6.07, 6.45) is 2.91. The zero-order chi connectivity index (χ0) is 20.6. The molecule has 0 aliphatic carbocycles. The first-order valence-electron chi connectivity index (χ1n) is 10.2. The van der Waals surface area contributed by atoms with Crippen molar-refractivity contribution in [3.63, 3.8) is 0 Å². The van der Waals surface area contributed by atoms with Gasteiger partial charge in [-0.25, -0.2) is 0 Å². The van der Waals surface area contributed by atoms with Crippen molar-refractivity contribution >= 4 is 23.2 Å². The van der Waals surface area contributed by atoms with Gasteiger partial charge in [-0.2, -0.15) is 0 Å². The van der Waals surface area contributed by atoms with E-state index in [1.165, 1.54) is 11.3 Å². The number of amides is 2. The number of thiophene rings is 1. The number of nitrogens with zero attached hydrogens (tertiary/aromatic N) is 2. The molecule has 0 bridgehead atoms. The van der Waals surface area contributed by atoms with Crippen LogP contribution in [0.25, 0.3) is 0 Å². The van der Waals surface area contributed by atoms with Gasteiger partial charge in [-0.3, -0.25) is 9.59 Å². The number of aryl methyl sites for hydroxylation is 1. The van der Waals surface area contributed by atoms with E-state index in [-0.39, 0.29) is 23.3 Å². The average molecular weight is 413 g/mol. The molecule has 1 atom stereocenters. The number of ether oxygens (including phenoxy) is 1. The number of hydrogen-bond acceptors (Lipinski definition) is 4. The largest absolute Gasteiger partial charge is 0.487 e. The van der Waals surface area contributed by atoms with Crippen LogP contribution in [0.2, 0.25) is 0 Å². The Kier molecular flexibility index (Phi) is 5.38. The second-order valence-electron chi connectivity index (χ2n) is 8.44. The summed E-state index contributed by atoms with van der Waals surface area (Å²) in [5.74, 6) is 1.31. The summed E-state index contributed by atoms with van der Waals surface area (Å²) in [7, 11) is 3.61. The Morgan fingerprint density at radius 3 is 2.59 bits per heavy atom. The van der Waals surface area contributed by atoms with Gasteiger partial charge in [0, 0.05) is 52.4 Å². The number of fused-ring (bicyclic) bond motifs is 1. The fraction of sp³-hybridized carbons (Fsp3) is 0.478. The van der Waals surface area contributed by atoms with E-state index in [0.717, 1.165) is 41.0 Å². The van der Waals surface area contributed by atoms with Crippen LogP contribution in [0.1, 0.15) is 52.4 Å². The third kappa shape index (κ3) is 3.90. The highest BCUT2D eigenvalue weighted by atomic mass is 32.1. The van der Waals surface area contributed by atoms with E-state index in [9.17, 15) is 9.59 Å². The molecule has 6 heteroatoms. The molecule has 5 nitrogen and oxygen atoms in total. The molecule has 1 spiro atoms. The number of carbonyl (C=O) groups is 2. The molecule has 2 aliphatic rings. The Balaban J connectivity index is 1.51. The number of rotatable bonds is 3. The summed E-state index contributed by atoms with van der Waals surface area (Å²) < 4.78 is 6.51. The van der Waals surface area contributed by atoms with E-state index in [2.05, 4.69) is 6.07 Å². The highest BCUT2D eigenvalue weighted by molar-refractivity contribution is 7.12. The third-order valence-corrected chi connectivity index (χ3v) is 7.25. The second-order valence-corrected chi connectivity index (χ2v) is 9.36. The van der Waals surface area contributed by atoms with Crippen molar-refractivity contribution < 1.29 is 14.3 Å². The molecule has 1 fully saturated rings. The van der Waals surface area contributed by atoms with Crippen LogP contribution in [0.4, 0.5) is 0 Å². The minimum absolute atomic E-state index is 0.128. The quantitative estimate of drug-likeness (QED) is 0.763. The van der Waals surface area contributed by atoms with Gasteiger partial charge in [0.2, 0.25) is 5.91 Å². The molecular weight excluding hydrogens is 384 g/mol. The van der Waals surface area contributed by atoms with Gasteiger partial charge in [-0.15, -0.1) is 11.3 Å². The molecular formula is C23H28N2O3S. The van der Waals surface area contributed by atoms with E-state index in [4.69, 9.17) is 4.74 Å². The minimum Gasteiger partial charge on any atom is -0.487 e. The summed E-state index contributed by atoms with van der Waals surface area (Å²) >= 11 is 1.51. The number of para-hydroxylation sites is 1. The number of benzene rings is 1. The van der Waals surface area contributed by atoms with Gasteiger partial charge in [0.25, 0.3) is 5.91 Å². The lowest BCUT2D eigenvalue weighted by Crippen LogP contribution is -2.52. The maximum atomic E-state index is 12.9. The van der Waals surface area contributed by atoms with Gasteiger partial charge in [-0.05, 0) is 42.0 Å². The topological polar surface area (TPSA) is 49.9 Å². The molecule has 2 aliphatic heterocycles. The first-order valence-corrected chi connectivity index (χ1v) is 11.1. The maximum Gasteiger partial charge on any atom is 0.264 e. The van der Waals surface area contributed by atoms with E-state index >= 15 is 0 Å². The minimum atomic E-state index is -0.299. The fourth-order valence-electron chi connectivity index (χ4n) is 4.48. The van der Waals surface area contributed by atoms with Crippen molar-refractivity contribution in [2.75, 3.05) is 27.2 Å². The normalized spacial score (nSPS) is 20.1. The summed E-state index contributed by atoms with van der Waals surface area (Å²) in [5.41, 5.74) is 1.87. The number of piperidine rings is 1. The van der Waals surface area contributed by atoms with E-state index in [1.54, 1.807) is 19.0 Å². The highest BCUT2D eigenvalue weighted by Crippen LogP contribution is 2.46. The Morgan fingerprint density at radius 1 is 1.21 bits per heavy atom. The standard InChI is InChI=1S/C23H28N2O3S/c1-16-8-13-29-21(16)22(27)25-11-9-23(10-12-25)15-17(14-20(26)24(2)3)18-6-4-5-7-19(18)28-23/h4-8,13,17H,9-12,14-15H2,1-3H3/t17-/m0/s1. The summed E-state index contributed by atoms with van der Waals surface area (Å²) in [5, 5.41) is 1.97. The molecule has 1 aromatic carbocycles. The van der Waals surface area contributed by atoms with Crippen LogP contribution in [0.5, 0.6) is 5.75 Å². The van der Waals surface area contributed by atoms with Crippen LogP contribution >= 0.6 is 11.3 Å². The van der Waals surface area contributed by atoms with Crippen LogP contribution in [0.3, 0.4) is 0 Å². The van der Waals surface area contributed by atoms with Gasteiger partial charge in [0.05, 0.1) is 4.88 Å². The van der Waals surface area contributed by atoms with Crippen LogP contribution in [0, 0.1) is 6.92 Å². The Morgan fingerprint density at radius 2 is 1.93 bits per heavy atom. The molecule has 0 radical (unpaired) electrons. The van der Waals surface area contributed by atoms with Crippen molar-refractivity contribution in [3.8, 4) is 5.75 Å². The summed E-state index contributed by atoms with van der Waals surface area (Å²) in [6.45, 7) is 3.36. The van der Waals surface area contributed by atoms with Crippen molar-refractivity contribution in [1.82, 2.24) is 9.80 Å². The van der Waals surface area contributed by atoms with Gasteiger partial charge >= 0.3 is 0 Å². The van der Waals surface area contributed by atoms with Gasteiger partial charge < -0.3 is 14.5 Å². The van der Waals surface area contributed by atoms with Gasteiger partial charge in [0.1, 0.15) is 11.4 Å². The van der Waals surface area contributed by atoms with Crippen molar-refractivity contribution in [2.24, 2.45) is 0 Å². The number of likely N-dealkylation sites (tertiary alicyclic amines) is 1. The Labute approximate surface area is 176 Å². The second kappa shape index (κ2) is 7.82. The van der Waals surface area contributed by atoms with Gasteiger partial charge in [0.15, 0.2) is 0 Å². The van der Waals surface area contributed by atoms with E-state index in [1.807, 2.05) is 41.5 Å². The number of hydrogen-bond donors (Lipinski definition) is 0. The maximum absolute atomic E-state index is 12.9. The zero-order valence-electron chi connectivity index (χ0n) is 17.3. The summed E-state index contributed by atoms with van der Waals surface area (Å²) in [4.78, 5) is 29.8. The lowest BCUT2D eigenvalue weighted by molar-refractivity contribution is -0.129. The highest BCUT2D eigenvalue weighted by Gasteiger charge is 2.44. The van der Waals surface area contributed by atoms with E-state index < -0.39 is 0 Å². The Hall–Kier alpha value is -2.34. The first kappa shape index (κ1) is 20.0. The third-order valence-electron chi connectivity index (χ3n) is 6.24. The SMILES string of the molecule is Cc1ccsc1C(=O)N1CCC2(CC1)C[C@H](CC(=O)N(C)C)c1ccccc1O2. The smallest absolute Gasteiger partial charge is 0.264 e. The zero-order valence-corrected chi connectivity index (χ0v) is 18.1. The first-order chi connectivity index (χ1) is 13.9. The molecule has 1 saturated heterocycles. The molecule has 154 valence electrons. The fourth-order valence-corrected chi connectivity index (χ4v) is 5.37. The van der Waals surface area contributed by atoms with Gasteiger partial charge in [-0.1, -0.05) is 18.2 Å². The average Bonchev–Trinajstić information content (AvgIpc) is 3.14. The molecule has 4 rings (SSSR count). The molecule has 2 amide bonds. The van der Waals surface area contributed by atoms with Crippen molar-refractivity contribution in [1.29, 1.82) is 0 Å². The summed E-state index contributed by atoms with van der Waals surface area (Å²) in [6, 6.07) is 10.1. The lowest BCUT2D eigenvalue weighted by Gasteiger charge is -2.47. The predicted octanol–water partition coefficient (Wildman–Crippen LogP) is 4.08. The van der Waals surface area contributed by atoms with Crippen LogP contribution in [0.15, 0.2) is 35.7 Å². The van der Waals surface area contributed by atoms with E-state index in [0.29, 0.717) is 19.5 Å². The molecule has 3 heterocycles.